The summed E-state index contributed by atoms with van der Waals surface area (Å²) in [6.45, 7) is 2.60. The molecule has 2 rings (SSSR count). The van der Waals surface area contributed by atoms with Crippen LogP contribution in [0, 0.1) is 0 Å². The highest BCUT2D eigenvalue weighted by Crippen LogP contribution is 2.28. The Hall–Kier alpha value is -1.71. The number of rotatable bonds is 6. The Morgan fingerprint density at radius 3 is 2.71 bits per heavy atom. The number of methoxy groups -OCH3 is 1. The molecule has 0 aliphatic carbocycles. The van der Waals surface area contributed by atoms with Crippen LogP contribution < -0.4 is 15.2 Å². The summed E-state index contributed by atoms with van der Waals surface area (Å²) >= 11 is 6.05. The summed E-state index contributed by atoms with van der Waals surface area (Å²) < 4.78 is 10.9. The third kappa shape index (κ3) is 4.13. The summed E-state index contributed by atoms with van der Waals surface area (Å²) in [5.41, 5.74) is 8.34. The third-order valence-corrected chi connectivity index (χ3v) is 3.51. The molecule has 0 spiro atoms. The van der Waals surface area contributed by atoms with E-state index in [-0.39, 0.29) is 6.04 Å². The fourth-order valence-electron chi connectivity index (χ4n) is 2.26. The molecule has 1 atom stereocenters. The van der Waals surface area contributed by atoms with Crippen molar-refractivity contribution < 1.29 is 9.47 Å². The quantitative estimate of drug-likeness (QED) is 0.877. The number of hydrogen-bond acceptors (Lipinski definition) is 3. The molecular formula is C17H20ClNO2. The molecular weight excluding hydrogens is 286 g/mol. The van der Waals surface area contributed by atoms with E-state index in [4.69, 9.17) is 26.8 Å². The highest BCUT2D eigenvalue weighted by atomic mass is 35.5. The molecule has 2 N–H and O–H groups in total. The van der Waals surface area contributed by atoms with Crippen LogP contribution in [-0.4, -0.2) is 13.7 Å². The largest absolute Gasteiger partial charge is 0.496 e. The van der Waals surface area contributed by atoms with Gasteiger partial charge in [-0.1, -0.05) is 23.7 Å². The molecule has 0 aromatic heterocycles. The summed E-state index contributed by atoms with van der Waals surface area (Å²) in [6.07, 6.45) is 0.652. The van der Waals surface area contributed by atoms with Gasteiger partial charge in [0.15, 0.2) is 0 Å². The van der Waals surface area contributed by atoms with Gasteiger partial charge in [-0.2, -0.15) is 0 Å². The van der Waals surface area contributed by atoms with Gasteiger partial charge in [0.1, 0.15) is 11.5 Å². The Kier molecular flexibility index (Phi) is 5.48. The van der Waals surface area contributed by atoms with Crippen molar-refractivity contribution in [2.24, 2.45) is 5.73 Å². The van der Waals surface area contributed by atoms with Crippen molar-refractivity contribution in [2.75, 3.05) is 13.7 Å². The minimum Gasteiger partial charge on any atom is -0.496 e. The van der Waals surface area contributed by atoms with E-state index in [1.807, 2.05) is 49.4 Å². The lowest BCUT2D eigenvalue weighted by molar-refractivity contribution is 0.339. The minimum absolute atomic E-state index is 0.141. The molecule has 2 aromatic carbocycles. The monoisotopic (exact) mass is 305 g/mol. The SMILES string of the molecule is CCOc1cccc(C(N)Cc2cc(Cl)ccc2OC)c1. The Labute approximate surface area is 130 Å². The van der Waals surface area contributed by atoms with Crippen molar-refractivity contribution in [3.8, 4) is 11.5 Å². The molecule has 2 aromatic rings. The van der Waals surface area contributed by atoms with Gasteiger partial charge in [-0.25, -0.2) is 0 Å². The summed E-state index contributed by atoms with van der Waals surface area (Å²) in [4.78, 5) is 0. The van der Waals surface area contributed by atoms with E-state index in [9.17, 15) is 0 Å². The summed E-state index contributed by atoms with van der Waals surface area (Å²) in [6, 6.07) is 13.3. The van der Waals surface area contributed by atoms with Crippen LogP contribution >= 0.6 is 11.6 Å². The Morgan fingerprint density at radius 1 is 1.19 bits per heavy atom. The lowest BCUT2D eigenvalue weighted by atomic mass is 9.99. The van der Waals surface area contributed by atoms with Crippen LogP contribution in [0.4, 0.5) is 0 Å². The first kappa shape index (κ1) is 15.7. The van der Waals surface area contributed by atoms with Gasteiger partial charge in [-0.05, 0) is 54.8 Å². The van der Waals surface area contributed by atoms with Crippen molar-refractivity contribution in [3.05, 3.63) is 58.6 Å². The average molecular weight is 306 g/mol. The molecule has 1 unspecified atom stereocenters. The van der Waals surface area contributed by atoms with Crippen molar-refractivity contribution in [1.29, 1.82) is 0 Å². The van der Waals surface area contributed by atoms with Crippen molar-refractivity contribution in [1.82, 2.24) is 0 Å². The van der Waals surface area contributed by atoms with Crippen LogP contribution in [0.3, 0.4) is 0 Å². The number of hydrogen-bond donors (Lipinski definition) is 1. The maximum absolute atomic E-state index is 6.31. The second-order valence-electron chi connectivity index (χ2n) is 4.77. The lowest BCUT2D eigenvalue weighted by Crippen LogP contribution is -2.14. The first-order valence-electron chi connectivity index (χ1n) is 6.94. The molecule has 0 heterocycles. The van der Waals surface area contributed by atoms with Crippen LogP contribution in [0.15, 0.2) is 42.5 Å². The van der Waals surface area contributed by atoms with E-state index in [0.29, 0.717) is 18.1 Å². The van der Waals surface area contributed by atoms with Gasteiger partial charge in [0.2, 0.25) is 0 Å². The Balaban J connectivity index is 2.19. The molecule has 0 radical (unpaired) electrons. The normalized spacial score (nSPS) is 12.0. The van der Waals surface area contributed by atoms with Gasteiger partial charge < -0.3 is 15.2 Å². The topological polar surface area (TPSA) is 44.5 Å². The Bertz CT molecular complexity index is 601. The third-order valence-electron chi connectivity index (χ3n) is 3.28. The van der Waals surface area contributed by atoms with Crippen LogP contribution in [0.5, 0.6) is 11.5 Å². The molecule has 0 amide bonds. The van der Waals surface area contributed by atoms with Gasteiger partial charge in [0, 0.05) is 11.1 Å². The highest BCUT2D eigenvalue weighted by molar-refractivity contribution is 6.30. The van der Waals surface area contributed by atoms with Crippen LogP contribution in [0.25, 0.3) is 0 Å². The van der Waals surface area contributed by atoms with Crippen LogP contribution in [-0.2, 0) is 6.42 Å². The molecule has 0 fully saturated rings. The lowest BCUT2D eigenvalue weighted by Gasteiger charge is -2.16. The van der Waals surface area contributed by atoms with E-state index in [1.165, 1.54) is 0 Å². The van der Waals surface area contributed by atoms with Crippen LogP contribution in [0.1, 0.15) is 24.1 Å². The molecule has 21 heavy (non-hydrogen) atoms. The van der Waals surface area contributed by atoms with E-state index in [0.717, 1.165) is 22.6 Å². The number of halogens is 1. The number of benzene rings is 2. The van der Waals surface area contributed by atoms with Gasteiger partial charge in [-0.15, -0.1) is 0 Å². The summed E-state index contributed by atoms with van der Waals surface area (Å²) in [5.74, 6) is 1.64. The van der Waals surface area contributed by atoms with E-state index in [1.54, 1.807) is 7.11 Å². The smallest absolute Gasteiger partial charge is 0.122 e. The predicted octanol–water partition coefficient (Wildman–Crippen LogP) is 3.99. The molecule has 112 valence electrons. The maximum Gasteiger partial charge on any atom is 0.122 e. The second kappa shape index (κ2) is 7.34. The maximum atomic E-state index is 6.31. The number of nitrogens with two attached hydrogens (primary N) is 1. The van der Waals surface area contributed by atoms with Gasteiger partial charge in [0.25, 0.3) is 0 Å². The van der Waals surface area contributed by atoms with Crippen molar-refractivity contribution in [2.45, 2.75) is 19.4 Å². The van der Waals surface area contributed by atoms with E-state index < -0.39 is 0 Å². The molecule has 0 bridgehead atoms. The molecule has 0 saturated carbocycles. The Morgan fingerprint density at radius 2 is 2.00 bits per heavy atom. The molecule has 0 aliphatic rings. The fraction of sp³-hybridized carbons (Fsp3) is 0.294. The predicted molar refractivity (Wildman–Crippen MR) is 86.2 cm³/mol. The standard InChI is InChI=1S/C17H20ClNO2/c1-3-21-15-6-4-5-12(10-15)16(19)11-13-9-14(18)7-8-17(13)20-2/h4-10,16H,3,11,19H2,1-2H3. The van der Waals surface area contributed by atoms with Crippen molar-refractivity contribution >= 4 is 11.6 Å². The fourth-order valence-corrected chi connectivity index (χ4v) is 2.46. The van der Waals surface area contributed by atoms with Gasteiger partial charge >= 0.3 is 0 Å². The zero-order valence-corrected chi connectivity index (χ0v) is 13.1. The summed E-state index contributed by atoms with van der Waals surface area (Å²) in [7, 11) is 1.65. The first-order valence-corrected chi connectivity index (χ1v) is 7.32. The summed E-state index contributed by atoms with van der Waals surface area (Å²) in [5, 5.41) is 0.682. The van der Waals surface area contributed by atoms with E-state index in [2.05, 4.69) is 0 Å². The van der Waals surface area contributed by atoms with Crippen LogP contribution in [0.2, 0.25) is 5.02 Å². The zero-order chi connectivity index (χ0) is 15.2. The van der Waals surface area contributed by atoms with Crippen molar-refractivity contribution in [3.63, 3.8) is 0 Å². The molecule has 4 heteroatoms. The zero-order valence-electron chi connectivity index (χ0n) is 12.3. The number of ether oxygens (including phenoxy) is 2. The molecule has 0 saturated heterocycles. The van der Waals surface area contributed by atoms with Gasteiger partial charge in [-0.3, -0.25) is 0 Å². The first-order chi connectivity index (χ1) is 10.1. The second-order valence-corrected chi connectivity index (χ2v) is 5.21. The van der Waals surface area contributed by atoms with Gasteiger partial charge in [0.05, 0.1) is 13.7 Å². The van der Waals surface area contributed by atoms with E-state index >= 15 is 0 Å². The molecule has 0 aliphatic heterocycles. The molecule has 3 nitrogen and oxygen atoms in total. The highest BCUT2D eigenvalue weighted by Gasteiger charge is 2.12. The minimum atomic E-state index is -0.141. The average Bonchev–Trinajstić information content (AvgIpc) is 2.48.